The van der Waals surface area contributed by atoms with Crippen molar-refractivity contribution in [2.75, 3.05) is 6.61 Å². The summed E-state index contributed by atoms with van der Waals surface area (Å²) in [4.78, 5) is 0. The second kappa shape index (κ2) is 6.90. The van der Waals surface area contributed by atoms with Crippen molar-refractivity contribution in [3.05, 3.63) is 65.5 Å². The molecule has 100 valence electrons. The van der Waals surface area contributed by atoms with Crippen LogP contribution in [-0.4, -0.2) is 11.7 Å². The van der Waals surface area contributed by atoms with Gasteiger partial charge in [0.2, 0.25) is 0 Å². The summed E-state index contributed by atoms with van der Waals surface area (Å²) < 4.78 is 19.0. The molecule has 0 amide bonds. The fraction of sp³-hybridized carbons (Fsp3) is 0.250. The molecule has 2 aromatic carbocycles. The normalized spacial score (nSPS) is 10.4. The quantitative estimate of drug-likeness (QED) is 0.807. The van der Waals surface area contributed by atoms with Gasteiger partial charge in [-0.05, 0) is 36.1 Å². The summed E-state index contributed by atoms with van der Waals surface area (Å²) in [6.07, 6.45) is 1.75. The molecule has 1 N–H and O–H groups in total. The lowest BCUT2D eigenvalue weighted by Crippen LogP contribution is -2.01. The van der Waals surface area contributed by atoms with E-state index in [-0.39, 0.29) is 12.4 Å². The van der Waals surface area contributed by atoms with Crippen molar-refractivity contribution in [3.8, 4) is 5.75 Å². The number of hydrogen-bond acceptors (Lipinski definition) is 2. The zero-order valence-electron chi connectivity index (χ0n) is 10.7. The van der Waals surface area contributed by atoms with Gasteiger partial charge in [0.1, 0.15) is 0 Å². The van der Waals surface area contributed by atoms with Crippen LogP contribution in [0.5, 0.6) is 5.75 Å². The van der Waals surface area contributed by atoms with E-state index in [1.54, 1.807) is 12.1 Å². The number of hydrogen-bond donors (Lipinski definition) is 1. The van der Waals surface area contributed by atoms with Gasteiger partial charge in [-0.3, -0.25) is 0 Å². The molecule has 0 bridgehead atoms. The largest absolute Gasteiger partial charge is 0.491 e. The Kier molecular flexibility index (Phi) is 4.93. The molecular formula is C16H17FO2. The first-order valence-corrected chi connectivity index (χ1v) is 6.35. The molecule has 0 aliphatic heterocycles. The minimum Gasteiger partial charge on any atom is -0.491 e. The SMILES string of the molecule is OCc1ccc(OCCCc2ccccc2)c(F)c1. The molecule has 2 aromatic rings. The van der Waals surface area contributed by atoms with Gasteiger partial charge in [-0.2, -0.15) is 0 Å². The Morgan fingerprint density at radius 1 is 1.00 bits per heavy atom. The summed E-state index contributed by atoms with van der Waals surface area (Å²) in [6.45, 7) is 0.315. The Balaban J connectivity index is 1.80. The lowest BCUT2D eigenvalue weighted by Gasteiger charge is -2.08. The van der Waals surface area contributed by atoms with Crippen LogP contribution in [0.1, 0.15) is 17.5 Å². The van der Waals surface area contributed by atoms with Crippen LogP contribution in [0, 0.1) is 5.82 Å². The van der Waals surface area contributed by atoms with Crippen LogP contribution in [0.15, 0.2) is 48.5 Å². The highest BCUT2D eigenvalue weighted by Gasteiger charge is 2.04. The summed E-state index contributed by atoms with van der Waals surface area (Å²) in [5.74, 6) is -0.184. The molecule has 2 nitrogen and oxygen atoms in total. The third-order valence-electron chi connectivity index (χ3n) is 2.89. The molecule has 0 radical (unpaired) electrons. The summed E-state index contributed by atoms with van der Waals surface area (Å²) >= 11 is 0. The number of ether oxygens (including phenoxy) is 1. The zero-order valence-corrected chi connectivity index (χ0v) is 10.7. The summed E-state index contributed by atoms with van der Waals surface area (Å²) in [5, 5.41) is 8.89. The lowest BCUT2D eigenvalue weighted by molar-refractivity contribution is 0.278. The van der Waals surface area contributed by atoms with Crippen molar-refractivity contribution < 1.29 is 14.2 Å². The Morgan fingerprint density at radius 2 is 1.79 bits per heavy atom. The first-order chi connectivity index (χ1) is 9.29. The molecule has 2 rings (SSSR count). The number of benzene rings is 2. The molecule has 0 aliphatic rings. The Hall–Kier alpha value is -1.87. The van der Waals surface area contributed by atoms with Crippen LogP contribution in [-0.2, 0) is 13.0 Å². The lowest BCUT2D eigenvalue weighted by atomic mass is 10.1. The summed E-state index contributed by atoms with van der Waals surface area (Å²) in [7, 11) is 0. The van der Waals surface area contributed by atoms with E-state index in [0.717, 1.165) is 12.8 Å². The Morgan fingerprint density at radius 3 is 2.47 bits per heavy atom. The van der Waals surface area contributed by atoms with E-state index in [2.05, 4.69) is 12.1 Å². The fourth-order valence-corrected chi connectivity index (χ4v) is 1.86. The molecule has 0 spiro atoms. The van der Waals surface area contributed by atoms with Crippen molar-refractivity contribution in [2.24, 2.45) is 0 Å². The predicted molar refractivity (Wildman–Crippen MR) is 72.6 cm³/mol. The van der Waals surface area contributed by atoms with E-state index in [9.17, 15) is 4.39 Å². The molecule has 0 unspecified atom stereocenters. The van der Waals surface area contributed by atoms with Gasteiger partial charge >= 0.3 is 0 Å². The highest BCUT2D eigenvalue weighted by atomic mass is 19.1. The first kappa shape index (κ1) is 13.6. The Bertz CT molecular complexity index is 511. The number of aliphatic hydroxyl groups is 1. The molecular weight excluding hydrogens is 243 g/mol. The van der Waals surface area contributed by atoms with Gasteiger partial charge in [0, 0.05) is 0 Å². The van der Waals surface area contributed by atoms with Crippen molar-refractivity contribution >= 4 is 0 Å². The highest BCUT2D eigenvalue weighted by Crippen LogP contribution is 2.18. The van der Waals surface area contributed by atoms with E-state index >= 15 is 0 Å². The highest BCUT2D eigenvalue weighted by molar-refractivity contribution is 5.29. The van der Waals surface area contributed by atoms with Crippen molar-refractivity contribution in [2.45, 2.75) is 19.4 Å². The van der Waals surface area contributed by atoms with E-state index in [0.29, 0.717) is 12.2 Å². The minimum absolute atomic E-state index is 0.162. The first-order valence-electron chi connectivity index (χ1n) is 6.35. The zero-order chi connectivity index (χ0) is 13.5. The molecule has 0 atom stereocenters. The third kappa shape index (κ3) is 4.07. The van der Waals surface area contributed by atoms with Gasteiger partial charge < -0.3 is 9.84 Å². The molecule has 0 fully saturated rings. The molecule has 3 heteroatoms. The van der Waals surface area contributed by atoms with Gasteiger partial charge in [0.25, 0.3) is 0 Å². The van der Waals surface area contributed by atoms with Gasteiger partial charge in [-0.15, -0.1) is 0 Å². The van der Waals surface area contributed by atoms with Gasteiger partial charge in [-0.1, -0.05) is 36.4 Å². The van der Waals surface area contributed by atoms with Crippen LogP contribution in [0.4, 0.5) is 4.39 Å². The topological polar surface area (TPSA) is 29.5 Å². The average Bonchev–Trinajstić information content (AvgIpc) is 2.46. The maximum absolute atomic E-state index is 13.6. The van der Waals surface area contributed by atoms with Crippen LogP contribution in [0.25, 0.3) is 0 Å². The van der Waals surface area contributed by atoms with E-state index in [1.807, 2.05) is 18.2 Å². The summed E-state index contributed by atoms with van der Waals surface area (Å²) in [5.41, 5.74) is 1.80. The van der Waals surface area contributed by atoms with Gasteiger partial charge in [0.15, 0.2) is 11.6 Å². The molecule has 0 saturated carbocycles. The van der Waals surface area contributed by atoms with Gasteiger partial charge in [-0.25, -0.2) is 4.39 Å². The van der Waals surface area contributed by atoms with Crippen LogP contribution >= 0.6 is 0 Å². The minimum atomic E-state index is -0.425. The van der Waals surface area contributed by atoms with Crippen LogP contribution in [0.3, 0.4) is 0 Å². The fourth-order valence-electron chi connectivity index (χ4n) is 1.86. The van der Waals surface area contributed by atoms with Crippen LogP contribution < -0.4 is 4.74 Å². The standard InChI is InChI=1S/C16H17FO2/c17-15-11-14(12-18)8-9-16(15)19-10-4-7-13-5-2-1-3-6-13/h1-3,5-6,8-9,11,18H,4,7,10,12H2. The second-order valence-corrected chi connectivity index (χ2v) is 4.36. The molecule has 0 saturated heterocycles. The number of halogens is 1. The van der Waals surface area contributed by atoms with Crippen molar-refractivity contribution in [3.63, 3.8) is 0 Å². The molecule has 0 heterocycles. The second-order valence-electron chi connectivity index (χ2n) is 4.36. The maximum atomic E-state index is 13.6. The van der Waals surface area contributed by atoms with Crippen molar-refractivity contribution in [1.29, 1.82) is 0 Å². The monoisotopic (exact) mass is 260 g/mol. The van der Waals surface area contributed by atoms with Gasteiger partial charge in [0.05, 0.1) is 13.2 Å². The molecule has 19 heavy (non-hydrogen) atoms. The van der Waals surface area contributed by atoms with E-state index in [4.69, 9.17) is 9.84 Å². The average molecular weight is 260 g/mol. The molecule has 0 aromatic heterocycles. The smallest absolute Gasteiger partial charge is 0.165 e. The third-order valence-corrected chi connectivity index (χ3v) is 2.89. The number of aryl methyl sites for hydroxylation is 1. The van der Waals surface area contributed by atoms with Crippen LogP contribution in [0.2, 0.25) is 0 Å². The maximum Gasteiger partial charge on any atom is 0.165 e. The number of aliphatic hydroxyl groups excluding tert-OH is 1. The van der Waals surface area contributed by atoms with E-state index < -0.39 is 5.82 Å². The van der Waals surface area contributed by atoms with E-state index in [1.165, 1.54) is 11.6 Å². The van der Waals surface area contributed by atoms with Crippen molar-refractivity contribution in [1.82, 2.24) is 0 Å². The predicted octanol–water partition coefficient (Wildman–Crippen LogP) is 3.33. The number of rotatable bonds is 6. The summed E-state index contributed by atoms with van der Waals surface area (Å²) in [6, 6.07) is 14.6. The molecule has 0 aliphatic carbocycles. The Labute approximate surface area is 112 Å².